The molecule has 1 saturated heterocycles. The van der Waals surface area contributed by atoms with Gasteiger partial charge >= 0.3 is 0 Å². The first-order valence-electron chi connectivity index (χ1n) is 9.59. The third-order valence-electron chi connectivity index (χ3n) is 4.96. The molecule has 1 aromatic rings. The largest absolute Gasteiger partial charge is 0.496 e. The Morgan fingerprint density at radius 2 is 2.07 bits per heavy atom. The summed E-state index contributed by atoms with van der Waals surface area (Å²) in [5.41, 5.74) is 1.01. The summed E-state index contributed by atoms with van der Waals surface area (Å²) in [6, 6.07) is 5.82. The van der Waals surface area contributed by atoms with Gasteiger partial charge in [-0.1, -0.05) is 11.6 Å². The molecular weight excluding hydrogens is 366 g/mol. The number of aliphatic imine (C=N–C) groups is 1. The summed E-state index contributed by atoms with van der Waals surface area (Å²) in [4.78, 5) is 4.34. The van der Waals surface area contributed by atoms with Crippen LogP contribution in [-0.4, -0.2) is 59.6 Å². The number of hydrogen-bond donors (Lipinski definition) is 2. The van der Waals surface area contributed by atoms with Gasteiger partial charge in [0.2, 0.25) is 0 Å². The number of guanidine groups is 1. The van der Waals surface area contributed by atoms with E-state index >= 15 is 0 Å². The van der Waals surface area contributed by atoms with E-state index in [1.54, 1.807) is 14.2 Å². The zero-order chi connectivity index (χ0) is 19.5. The molecule has 1 aromatic carbocycles. The molecule has 6 nitrogen and oxygen atoms in total. The molecule has 0 spiro atoms. The first-order chi connectivity index (χ1) is 13.1. The number of nitrogens with one attached hydrogen (secondary N) is 2. The summed E-state index contributed by atoms with van der Waals surface area (Å²) in [6.07, 6.45) is 2.74. The van der Waals surface area contributed by atoms with Gasteiger partial charge in [-0.25, -0.2) is 0 Å². The zero-order valence-electron chi connectivity index (χ0n) is 16.6. The topological polar surface area (TPSA) is 64.1 Å². The first-order valence-corrected chi connectivity index (χ1v) is 9.97. The lowest BCUT2D eigenvalue weighted by Gasteiger charge is -2.39. The van der Waals surface area contributed by atoms with Crippen LogP contribution in [-0.2, 0) is 14.9 Å². The van der Waals surface area contributed by atoms with E-state index in [0.29, 0.717) is 0 Å². The van der Waals surface area contributed by atoms with Crippen LogP contribution in [0.25, 0.3) is 0 Å². The number of benzene rings is 1. The Balaban J connectivity index is 2.07. The lowest BCUT2D eigenvalue weighted by atomic mass is 9.73. The summed E-state index contributed by atoms with van der Waals surface area (Å²) in [6.45, 7) is 6.50. The molecule has 0 aliphatic carbocycles. The zero-order valence-corrected chi connectivity index (χ0v) is 17.4. The van der Waals surface area contributed by atoms with Crippen molar-refractivity contribution >= 4 is 17.6 Å². The molecule has 152 valence electrons. The molecular formula is C20H32ClN3O3. The van der Waals surface area contributed by atoms with Crippen LogP contribution in [0.4, 0.5) is 0 Å². The number of ether oxygens (including phenoxy) is 3. The number of halogens is 1. The average molecular weight is 398 g/mol. The standard InChI is InChI=1S/C20H32ClN3O3/c1-4-26-11-5-10-23-19(22-2)24-15-20(8-12-27-13-9-20)17-14-16(21)6-7-18(17)25-3/h6-7,14H,4-5,8-13,15H2,1-3H3,(H2,22,23,24). The molecule has 1 aliphatic heterocycles. The summed E-state index contributed by atoms with van der Waals surface area (Å²) < 4.78 is 16.6. The fourth-order valence-corrected chi connectivity index (χ4v) is 3.57. The highest BCUT2D eigenvalue weighted by molar-refractivity contribution is 6.30. The Kier molecular flexibility index (Phi) is 9.18. The lowest BCUT2D eigenvalue weighted by Crippen LogP contribution is -2.48. The van der Waals surface area contributed by atoms with Gasteiger partial charge in [-0.2, -0.15) is 0 Å². The molecule has 0 radical (unpaired) electrons. The van der Waals surface area contributed by atoms with Crippen LogP contribution >= 0.6 is 11.6 Å². The van der Waals surface area contributed by atoms with Gasteiger partial charge in [0.05, 0.1) is 7.11 Å². The lowest BCUT2D eigenvalue weighted by molar-refractivity contribution is 0.0505. The van der Waals surface area contributed by atoms with Crippen molar-refractivity contribution in [1.82, 2.24) is 10.6 Å². The highest BCUT2D eigenvalue weighted by Crippen LogP contribution is 2.40. The number of rotatable bonds is 9. The molecule has 27 heavy (non-hydrogen) atoms. The van der Waals surface area contributed by atoms with Crippen LogP contribution in [0.15, 0.2) is 23.2 Å². The molecule has 7 heteroatoms. The van der Waals surface area contributed by atoms with Gasteiger partial charge < -0.3 is 24.8 Å². The van der Waals surface area contributed by atoms with E-state index in [-0.39, 0.29) is 5.41 Å². The van der Waals surface area contributed by atoms with Crippen LogP contribution in [0.1, 0.15) is 31.7 Å². The third kappa shape index (κ3) is 6.26. The summed E-state index contributed by atoms with van der Waals surface area (Å²) in [5, 5.41) is 7.55. The third-order valence-corrected chi connectivity index (χ3v) is 5.20. The molecule has 0 aromatic heterocycles. The van der Waals surface area contributed by atoms with Crippen molar-refractivity contribution in [3.8, 4) is 5.75 Å². The summed E-state index contributed by atoms with van der Waals surface area (Å²) in [5.74, 6) is 1.65. The van der Waals surface area contributed by atoms with E-state index in [1.807, 2.05) is 25.1 Å². The summed E-state index contributed by atoms with van der Waals surface area (Å²) in [7, 11) is 3.49. The van der Waals surface area contributed by atoms with Crippen molar-refractivity contribution in [1.29, 1.82) is 0 Å². The molecule has 0 atom stereocenters. The van der Waals surface area contributed by atoms with Crippen LogP contribution in [0.3, 0.4) is 0 Å². The van der Waals surface area contributed by atoms with Crippen LogP contribution in [0.2, 0.25) is 5.02 Å². The second-order valence-corrected chi connectivity index (χ2v) is 7.08. The minimum absolute atomic E-state index is 0.114. The maximum absolute atomic E-state index is 6.30. The normalized spacial score (nSPS) is 16.8. The average Bonchev–Trinajstić information content (AvgIpc) is 2.70. The van der Waals surface area contributed by atoms with E-state index in [1.165, 1.54) is 0 Å². The molecule has 1 fully saturated rings. The van der Waals surface area contributed by atoms with Gasteiger partial charge in [0.15, 0.2) is 5.96 Å². The minimum Gasteiger partial charge on any atom is -0.496 e. The van der Waals surface area contributed by atoms with E-state index in [4.69, 9.17) is 25.8 Å². The van der Waals surface area contributed by atoms with Crippen molar-refractivity contribution in [3.63, 3.8) is 0 Å². The fraction of sp³-hybridized carbons (Fsp3) is 0.650. The van der Waals surface area contributed by atoms with E-state index < -0.39 is 0 Å². The van der Waals surface area contributed by atoms with Crippen LogP contribution in [0, 0.1) is 0 Å². The highest BCUT2D eigenvalue weighted by atomic mass is 35.5. The molecule has 0 saturated carbocycles. The maximum Gasteiger partial charge on any atom is 0.191 e. The van der Waals surface area contributed by atoms with E-state index in [0.717, 1.165) is 81.1 Å². The van der Waals surface area contributed by atoms with Gasteiger partial charge in [-0.15, -0.1) is 0 Å². The second kappa shape index (κ2) is 11.4. The maximum atomic E-state index is 6.30. The molecule has 1 aliphatic rings. The predicted octanol–water partition coefficient (Wildman–Crippen LogP) is 2.99. The predicted molar refractivity (Wildman–Crippen MR) is 110 cm³/mol. The van der Waals surface area contributed by atoms with Gasteiger partial charge in [0, 0.05) is 62.6 Å². The fourth-order valence-electron chi connectivity index (χ4n) is 3.40. The Morgan fingerprint density at radius 3 is 2.74 bits per heavy atom. The molecule has 1 heterocycles. The first kappa shape index (κ1) is 21.8. The van der Waals surface area contributed by atoms with Crippen LogP contribution < -0.4 is 15.4 Å². The molecule has 2 rings (SSSR count). The number of methoxy groups -OCH3 is 1. The van der Waals surface area contributed by atoms with Crippen LogP contribution in [0.5, 0.6) is 5.75 Å². The second-order valence-electron chi connectivity index (χ2n) is 6.64. The highest BCUT2D eigenvalue weighted by Gasteiger charge is 2.37. The Morgan fingerprint density at radius 1 is 1.30 bits per heavy atom. The summed E-state index contributed by atoms with van der Waals surface area (Å²) >= 11 is 6.30. The number of nitrogens with zero attached hydrogens (tertiary/aromatic N) is 1. The van der Waals surface area contributed by atoms with Crippen molar-refractivity contribution in [3.05, 3.63) is 28.8 Å². The van der Waals surface area contributed by atoms with Gasteiger partial charge in [0.25, 0.3) is 0 Å². The minimum atomic E-state index is -0.114. The quantitative estimate of drug-likeness (QED) is 0.381. The smallest absolute Gasteiger partial charge is 0.191 e. The monoisotopic (exact) mass is 397 g/mol. The Hall–Kier alpha value is -1.50. The molecule has 0 unspecified atom stereocenters. The van der Waals surface area contributed by atoms with Gasteiger partial charge in [-0.3, -0.25) is 4.99 Å². The van der Waals surface area contributed by atoms with E-state index in [2.05, 4.69) is 15.6 Å². The Labute approximate surface area is 167 Å². The van der Waals surface area contributed by atoms with Gasteiger partial charge in [-0.05, 0) is 44.4 Å². The van der Waals surface area contributed by atoms with Crippen molar-refractivity contribution in [2.45, 2.75) is 31.6 Å². The van der Waals surface area contributed by atoms with Gasteiger partial charge in [0.1, 0.15) is 5.75 Å². The Bertz CT molecular complexity index is 604. The SMILES string of the molecule is CCOCCCNC(=NC)NCC1(c2cc(Cl)ccc2OC)CCOCC1. The molecule has 0 amide bonds. The number of hydrogen-bond acceptors (Lipinski definition) is 4. The molecule has 2 N–H and O–H groups in total. The molecule has 0 bridgehead atoms. The van der Waals surface area contributed by atoms with Crippen molar-refractivity contribution in [2.24, 2.45) is 4.99 Å². The van der Waals surface area contributed by atoms with Crippen molar-refractivity contribution < 1.29 is 14.2 Å². The van der Waals surface area contributed by atoms with Crippen molar-refractivity contribution in [2.75, 3.05) is 53.7 Å². The van der Waals surface area contributed by atoms with E-state index in [9.17, 15) is 0 Å².